The Bertz CT molecular complexity index is 1490. The van der Waals surface area contributed by atoms with Gasteiger partial charge >= 0.3 is 11.9 Å². The van der Waals surface area contributed by atoms with Crippen LogP contribution in [-0.2, 0) is 47.4 Å². The minimum Gasteiger partial charge on any atom is -0.450 e. The van der Waals surface area contributed by atoms with E-state index in [0.717, 1.165) is 11.1 Å². The molecule has 0 amide bonds. The van der Waals surface area contributed by atoms with Crippen molar-refractivity contribution >= 4 is 11.9 Å². The number of hydrogen-bond acceptors (Lipinski definition) is 14. The first-order chi connectivity index (χ1) is 24.4. The SMILES string of the molecule is CO[C@H]1O[C@@H]2COC(c3ccccc3)O[C@H]2[C@H](O)[C@H]1OC(=O)c1ccccc1C(=O)O[C@H]1[C@@H](OC)O[C@@H]2COC(c3ccccc3)O[C@H]2[C@@H]1O. The zero-order chi connectivity index (χ0) is 34.8. The molecule has 14 heteroatoms. The molecule has 0 spiro atoms. The fourth-order valence-corrected chi connectivity index (χ4v) is 6.54. The van der Waals surface area contributed by atoms with Gasteiger partial charge < -0.3 is 57.6 Å². The Morgan fingerprint density at radius 3 is 1.34 bits per heavy atom. The number of hydrogen-bond donors (Lipinski definition) is 2. The highest BCUT2D eigenvalue weighted by Crippen LogP contribution is 2.37. The molecule has 4 fully saturated rings. The maximum absolute atomic E-state index is 13.7. The first-order valence-corrected chi connectivity index (χ1v) is 16.2. The molecule has 4 saturated heterocycles. The van der Waals surface area contributed by atoms with Crippen molar-refractivity contribution in [1.29, 1.82) is 0 Å². The molecular formula is C36H38O14. The third-order valence-electron chi connectivity index (χ3n) is 9.08. The van der Waals surface area contributed by atoms with Gasteiger partial charge in [-0.1, -0.05) is 72.8 Å². The molecule has 3 aromatic rings. The number of ether oxygens (including phenoxy) is 10. The molecule has 2 N–H and O–H groups in total. The minimum atomic E-state index is -1.37. The predicted octanol–water partition coefficient (Wildman–Crippen LogP) is 2.43. The van der Waals surface area contributed by atoms with E-state index in [2.05, 4.69) is 0 Å². The summed E-state index contributed by atoms with van der Waals surface area (Å²) >= 11 is 0. The Balaban J connectivity index is 1.05. The molecule has 14 nitrogen and oxygen atoms in total. The van der Waals surface area contributed by atoms with Gasteiger partial charge in [0.1, 0.15) is 36.6 Å². The van der Waals surface area contributed by atoms with Crippen LogP contribution in [-0.4, -0.2) is 111 Å². The van der Waals surface area contributed by atoms with Crippen molar-refractivity contribution in [1.82, 2.24) is 0 Å². The molecule has 0 bridgehead atoms. The maximum atomic E-state index is 13.7. The zero-order valence-electron chi connectivity index (χ0n) is 27.2. The van der Waals surface area contributed by atoms with Crippen LogP contribution in [0.2, 0.25) is 0 Å². The Kier molecular flexibility index (Phi) is 10.5. The second-order valence-corrected chi connectivity index (χ2v) is 12.2. The smallest absolute Gasteiger partial charge is 0.339 e. The molecular weight excluding hydrogens is 656 g/mol. The number of rotatable bonds is 8. The van der Waals surface area contributed by atoms with Crippen molar-refractivity contribution in [3.8, 4) is 0 Å². The number of esters is 2. The summed E-state index contributed by atoms with van der Waals surface area (Å²) in [5.74, 6) is -1.92. The molecule has 4 aliphatic heterocycles. The van der Waals surface area contributed by atoms with Crippen LogP contribution in [0.4, 0.5) is 0 Å². The van der Waals surface area contributed by atoms with Gasteiger partial charge in [0.15, 0.2) is 37.4 Å². The zero-order valence-corrected chi connectivity index (χ0v) is 27.2. The average molecular weight is 695 g/mol. The van der Waals surface area contributed by atoms with Crippen LogP contribution in [0.5, 0.6) is 0 Å². The summed E-state index contributed by atoms with van der Waals surface area (Å²) in [6.07, 6.45) is -12.5. The highest BCUT2D eigenvalue weighted by atomic mass is 16.8. The Labute approximate surface area is 287 Å². The summed E-state index contributed by atoms with van der Waals surface area (Å²) in [6, 6.07) is 24.2. The van der Waals surface area contributed by atoms with Gasteiger partial charge in [0.2, 0.25) is 0 Å². The number of carbonyl (C=O) groups is 2. The number of carbonyl (C=O) groups excluding carboxylic acids is 2. The molecule has 0 saturated carbocycles. The molecule has 266 valence electrons. The van der Waals surface area contributed by atoms with Gasteiger partial charge in [-0.2, -0.15) is 0 Å². The summed E-state index contributed by atoms with van der Waals surface area (Å²) < 4.78 is 58.0. The highest BCUT2D eigenvalue weighted by molar-refractivity contribution is 6.03. The molecule has 3 aromatic carbocycles. The van der Waals surface area contributed by atoms with Gasteiger partial charge in [-0.05, 0) is 12.1 Å². The van der Waals surface area contributed by atoms with E-state index in [9.17, 15) is 19.8 Å². The Morgan fingerprint density at radius 2 is 0.960 bits per heavy atom. The van der Waals surface area contributed by atoms with Crippen LogP contribution in [0.25, 0.3) is 0 Å². The molecule has 12 atom stereocenters. The summed E-state index contributed by atoms with van der Waals surface area (Å²) in [6.45, 7) is 0.199. The lowest BCUT2D eigenvalue weighted by Crippen LogP contribution is -2.63. The van der Waals surface area contributed by atoms with E-state index >= 15 is 0 Å². The van der Waals surface area contributed by atoms with Crippen LogP contribution in [0.3, 0.4) is 0 Å². The van der Waals surface area contributed by atoms with Crippen molar-refractivity contribution in [3.05, 3.63) is 107 Å². The van der Waals surface area contributed by atoms with Crippen molar-refractivity contribution < 1.29 is 67.2 Å². The van der Waals surface area contributed by atoms with Gasteiger partial charge in [0, 0.05) is 25.3 Å². The van der Waals surface area contributed by atoms with Crippen molar-refractivity contribution in [2.45, 2.75) is 74.0 Å². The number of aliphatic hydroxyl groups excluding tert-OH is 2. The van der Waals surface area contributed by atoms with E-state index in [1.807, 2.05) is 60.7 Å². The summed E-state index contributed by atoms with van der Waals surface area (Å²) in [7, 11) is 2.69. The molecule has 50 heavy (non-hydrogen) atoms. The van der Waals surface area contributed by atoms with E-state index in [0.29, 0.717) is 0 Å². The molecule has 4 heterocycles. The van der Waals surface area contributed by atoms with Crippen molar-refractivity contribution in [2.24, 2.45) is 0 Å². The monoisotopic (exact) mass is 694 g/mol. The fraction of sp³-hybridized carbons (Fsp3) is 0.444. The van der Waals surface area contributed by atoms with Gasteiger partial charge in [-0.25, -0.2) is 9.59 Å². The van der Waals surface area contributed by atoms with E-state index in [-0.39, 0.29) is 24.3 Å². The number of benzene rings is 3. The van der Waals surface area contributed by atoms with E-state index in [1.165, 1.54) is 38.5 Å². The summed E-state index contributed by atoms with van der Waals surface area (Å²) in [5.41, 5.74) is 1.15. The predicted molar refractivity (Wildman–Crippen MR) is 168 cm³/mol. The van der Waals surface area contributed by atoms with Crippen LogP contribution >= 0.6 is 0 Å². The first kappa shape index (κ1) is 34.6. The lowest BCUT2D eigenvalue weighted by atomic mass is 9.97. The summed E-state index contributed by atoms with van der Waals surface area (Å²) in [5, 5.41) is 22.8. The van der Waals surface area contributed by atoms with Gasteiger partial charge in [0.05, 0.1) is 24.3 Å². The molecule has 7 rings (SSSR count). The lowest BCUT2D eigenvalue weighted by Gasteiger charge is -2.47. The van der Waals surface area contributed by atoms with Crippen molar-refractivity contribution in [2.75, 3.05) is 27.4 Å². The average Bonchev–Trinajstić information content (AvgIpc) is 3.17. The Morgan fingerprint density at radius 1 is 0.580 bits per heavy atom. The van der Waals surface area contributed by atoms with Gasteiger partial charge in [-0.3, -0.25) is 0 Å². The van der Waals surface area contributed by atoms with Gasteiger partial charge in [0.25, 0.3) is 0 Å². The molecule has 0 aromatic heterocycles. The first-order valence-electron chi connectivity index (χ1n) is 16.2. The molecule has 0 aliphatic carbocycles. The molecule has 4 aliphatic rings. The van der Waals surface area contributed by atoms with Crippen LogP contribution < -0.4 is 0 Å². The van der Waals surface area contributed by atoms with E-state index in [1.54, 1.807) is 0 Å². The summed E-state index contributed by atoms with van der Waals surface area (Å²) in [4.78, 5) is 27.4. The quantitative estimate of drug-likeness (QED) is 0.330. The number of fused-ring (bicyclic) bond motifs is 2. The lowest BCUT2D eigenvalue weighted by molar-refractivity contribution is -0.357. The van der Waals surface area contributed by atoms with Crippen LogP contribution in [0.15, 0.2) is 84.9 Å². The fourth-order valence-electron chi connectivity index (χ4n) is 6.54. The molecule has 2 unspecified atom stereocenters. The van der Waals surface area contributed by atoms with E-state index in [4.69, 9.17) is 47.4 Å². The van der Waals surface area contributed by atoms with Crippen molar-refractivity contribution in [3.63, 3.8) is 0 Å². The second-order valence-electron chi connectivity index (χ2n) is 12.2. The number of aliphatic hydroxyl groups is 2. The topological polar surface area (TPSA) is 167 Å². The minimum absolute atomic E-state index is 0.0995. The van der Waals surface area contributed by atoms with Crippen LogP contribution in [0, 0.1) is 0 Å². The number of methoxy groups -OCH3 is 2. The van der Waals surface area contributed by atoms with E-state index < -0.39 is 85.9 Å². The molecule has 0 radical (unpaired) electrons. The second kappa shape index (κ2) is 15.2. The standard InChI is InChI=1S/C36H38O14/c1-41-35-29(25(37)27-23(45-35)17-43-33(49-27)19-11-5-3-6-12-19)47-31(39)21-15-9-10-16-22(21)32(40)48-30-26(38)28-24(46-36(30)42-2)18-44-34(50-28)20-13-7-4-8-14-20/h3-16,23-30,33-38H,17-18H2,1-2H3/t23-,24-,25+,26+,27-,28-,29-,30-,33?,34?,35+,36+/m1/s1. The third kappa shape index (κ3) is 6.92. The van der Waals surface area contributed by atoms with Crippen LogP contribution in [0.1, 0.15) is 44.4 Å². The highest BCUT2D eigenvalue weighted by Gasteiger charge is 2.53. The third-order valence-corrected chi connectivity index (χ3v) is 9.08. The Hall–Kier alpha value is -3.80. The maximum Gasteiger partial charge on any atom is 0.339 e. The van der Waals surface area contributed by atoms with Gasteiger partial charge in [-0.15, -0.1) is 0 Å². The normalized spacial score (nSPS) is 35.3. The largest absolute Gasteiger partial charge is 0.450 e.